The monoisotopic (exact) mass is 490 g/mol. The molecular formula is C31H36F2N2O. The Morgan fingerprint density at radius 3 is 2.39 bits per heavy atom. The fraction of sp³-hybridized carbons (Fsp3) is 0.355. The number of hydrogen-bond donors (Lipinski definition) is 0. The summed E-state index contributed by atoms with van der Waals surface area (Å²) in [6, 6.07) is 11.0. The van der Waals surface area contributed by atoms with Crippen LogP contribution in [-0.2, 0) is 11.2 Å². The van der Waals surface area contributed by atoms with Crippen molar-refractivity contribution in [3.8, 4) is 22.5 Å². The predicted molar refractivity (Wildman–Crippen MR) is 145 cm³/mol. The third kappa shape index (κ3) is 7.92. The van der Waals surface area contributed by atoms with Gasteiger partial charge in [-0.3, -0.25) is 0 Å². The second-order valence-electron chi connectivity index (χ2n) is 9.04. The highest BCUT2D eigenvalue weighted by molar-refractivity contribution is 5.67. The van der Waals surface area contributed by atoms with E-state index in [1.54, 1.807) is 18.2 Å². The van der Waals surface area contributed by atoms with E-state index in [0.717, 1.165) is 49.8 Å². The minimum Gasteiger partial charge on any atom is -0.379 e. The van der Waals surface area contributed by atoms with Crippen molar-refractivity contribution in [1.29, 1.82) is 0 Å². The van der Waals surface area contributed by atoms with E-state index < -0.39 is 11.6 Å². The average molecular weight is 491 g/mol. The van der Waals surface area contributed by atoms with Crippen LogP contribution in [0.1, 0.15) is 63.5 Å². The largest absolute Gasteiger partial charge is 0.379 e. The molecule has 0 bridgehead atoms. The molecule has 0 saturated carbocycles. The molecule has 3 nitrogen and oxygen atoms in total. The molecule has 0 saturated heterocycles. The first-order valence-corrected chi connectivity index (χ1v) is 12.8. The summed E-state index contributed by atoms with van der Waals surface area (Å²) in [5.74, 6) is -1.22. The van der Waals surface area contributed by atoms with Gasteiger partial charge in [-0.25, -0.2) is 18.7 Å². The van der Waals surface area contributed by atoms with Crippen LogP contribution in [0.5, 0.6) is 0 Å². The number of unbranched alkanes of at least 4 members (excludes halogenated alkanes) is 3. The SMILES string of the molecule is C=CCc1ccc(-c2ncc(-c3ccc(/C=C/CCCC(C)OCCCCC)c(F)c3F)cn2)cc1. The number of rotatable bonds is 14. The zero-order valence-corrected chi connectivity index (χ0v) is 21.4. The van der Waals surface area contributed by atoms with Crippen molar-refractivity contribution in [1.82, 2.24) is 9.97 Å². The third-order valence-corrected chi connectivity index (χ3v) is 6.10. The Balaban J connectivity index is 1.57. The molecule has 2 aromatic carbocycles. The molecular weight excluding hydrogens is 454 g/mol. The quantitative estimate of drug-likeness (QED) is 0.168. The smallest absolute Gasteiger partial charge is 0.167 e. The van der Waals surface area contributed by atoms with E-state index in [1.165, 1.54) is 25.2 Å². The van der Waals surface area contributed by atoms with Gasteiger partial charge in [0, 0.05) is 41.3 Å². The lowest BCUT2D eigenvalue weighted by atomic mass is 10.0. The van der Waals surface area contributed by atoms with Gasteiger partial charge < -0.3 is 4.74 Å². The summed E-state index contributed by atoms with van der Waals surface area (Å²) in [6.45, 7) is 8.81. The zero-order valence-electron chi connectivity index (χ0n) is 21.4. The van der Waals surface area contributed by atoms with Gasteiger partial charge in [-0.1, -0.05) is 74.4 Å². The van der Waals surface area contributed by atoms with E-state index >= 15 is 0 Å². The van der Waals surface area contributed by atoms with E-state index in [4.69, 9.17) is 4.74 Å². The second kappa shape index (κ2) is 14.4. The topological polar surface area (TPSA) is 35.0 Å². The van der Waals surface area contributed by atoms with Gasteiger partial charge in [0.05, 0.1) is 6.10 Å². The van der Waals surface area contributed by atoms with E-state index in [-0.39, 0.29) is 17.2 Å². The van der Waals surface area contributed by atoms with Gasteiger partial charge in [-0.2, -0.15) is 0 Å². The molecule has 36 heavy (non-hydrogen) atoms. The summed E-state index contributed by atoms with van der Waals surface area (Å²) in [6.07, 6.45) is 15.6. The van der Waals surface area contributed by atoms with Gasteiger partial charge in [0.1, 0.15) is 0 Å². The van der Waals surface area contributed by atoms with Crippen LogP contribution in [0.4, 0.5) is 8.78 Å². The molecule has 1 aromatic heterocycles. The highest BCUT2D eigenvalue weighted by atomic mass is 19.2. The predicted octanol–water partition coefficient (Wildman–Crippen LogP) is 8.60. The number of allylic oxidation sites excluding steroid dienone is 2. The molecule has 0 amide bonds. The molecule has 0 N–H and O–H groups in total. The van der Waals surface area contributed by atoms with Gasteiger partial charge in [-0.05, 0) is 44.6 Å². The normalized spacial score (nSPS) is 12.2. The minimum absolute atomic E-state index is 0.145. The molecule has 5 heteroatoms. The molecule has 3 aromatic rings. The van der Waals surface area contributed by atoms with Crippen LogP contribution in [-0.4, -0.2) is 22.7 Å². The molecule has 0 radical (unpaired) electrons. The van der Waals surface area contributed by atoms with Crippen LogP contribution in [0.15, 0.2) is 67.5 Å². The molecule has 1 unspecified atom stereocenters. The highest BCUT2D eigenvalue weighted by Crippen LogP contribution is 2.27. The summed E-state index contributed by atoms with van der Waals surface area (Å²) in [7, 11) is 0. The van der Waals surface area contributed by atoms with Crippen LogP contribution in [0, 0.1) is 11.6 Å². The molecule has 1 atom stereocenters. The summed E-state index contributed by atoms with van der Waals surface area (Å²) in [4.78, 5) is 8.72. The van der Waals surface area contributed by atoms with Crippen molar-refractivity contribution in [3.05, 3.63) is 90.3 Å². The lowest BCUT2D eigenvalue weighted by Crippen LogP contribution is -2.08. The zero-order chi connectivity index (χ0) is 25.8. The fourth-order valence-electron chi connectivity index (χ4n) is 3.94. The molecule has 0 aliphatic rings. The Morgan fingerprint density at radius 1 is 0.944 bits per heavy atom. The Labute approximate surface area is 214 Å². The van der Waals surface area contributed by atoms with Gasteiger partial charge in [0.2, 0.25) is 0 Å². The molecule has 3 rings (SSSR count). The van der Waals surface area contributed by atoms with Gasteiger partial charge >= 0.3 is 0 Å². The summed E-state index contributed by atoms with van der Waals surface area (Å²) >= 11 is 0. The van der Waals surface area contributed by atoms with E-state index in [1.807, 2.05) is 36.4 Å². The van der Waals surface area contributed by atoms with Gasteiger partial charge in [0.25, 0.3) is 0 Å². The molecule has 0 aliphatic heterocycles. The maximum Gasteiger partial charge on any atom is 0.167 e. The van der Waals surface area contributed by atoms with Crippen molar-refractivity contribution in [2.45, 2.75) is 64.9 Å². The van der Waals surface area contributed by atoms with Crippen molar-refractivity contribution in [2.75, 3.05) is 6.61 Å². The standard InChI is InChI=1S/C31H36F2N2O/c1-4-6-10-20-36-23(3)12-8-7-9-13-25-18-19-28(30(33)29(25)32)27-21-34-31(35-22-27)26-16-14-24(11-5-2)15-17-26/h5,9,13-19,21-23H,2,4,6-8,10-12,20H2,1,3H3/b13-9+. The number of aromatic nitrogens is 2. The van der Waals surface area contributed by atoms with E-state index in [9.17, 15) is 8.78 Å². The lowest BCUT2D eigenvalue weighted by Gasteiger charge is -2.12. The van der Waals surface area contributed by atoms with Gasteiger partial charge in [0.15, 0.2) is 17.5 Å². The van der Waals surface area contributed by atoms with Crippen molar-refractivity contribution in [2.24, 2.45) is 0 Å². The average Bonchev–Trinajstić information content (AvgIpc) is 2.90. The fourth-order valence-corrected chi connectivity index (χ4v) is 3.94. The molecule has 0 fully saturated rings. The first kappa shape index (κ1) is 27.4. The van der Waals surface area contributed by atoms with Crippen molar-refractivity contribution in [3.63, 3.8) is 0 Å². The Bertz CT molecular complexity index is 1120. The number of hydrogen-bond acceptors (Lipinski definition) is 3. The number of ether oxygens (including phenoxy) is 1. The number of halogens is 2. The molecule has 0 spiro atoms. The maximum absolute atomic E-state index is 14.9. The van der Waals surface area contributed by atoms with Crippen LogP contribution in [0.3, 0.4) is 0 Å². The van der Waals surface area contributed by atoms with Crippen LogP contribution >= 0.6 is 0 Å². The number of nitrogens with zero attached hydrogens (tertiary/aromatic N) is 2. The first-order chi connectivity index (χ1) is 17.5. The summed E-state index contributed by atoms with van der Waals surface area (Å²) < 4.78 is 35.4. The van der Waals surface area contributed by atoms with E-state index in [0.29, 0.717) is 11.4 Å². The number of benzene rings is 2. The Kier molecular flexibility index (Phi) is 11.0. The molecule has 190 valence electrons. The lowest BCUT2D eigenvalue weighted by molar-refractivity contribution is 0.0566. The minimum atomic E-state index is -0.892. The molecule has 0 aliphatic carbocycles. The van der Waals surface area contributed by atoms with Crippen LogP contribution < -0.4 is 0 Å². The highest BCUT2D eigenvalue weighted by Gasteiger charge is 2.14. The Morgan fingerprint density at radius 2 is 1.69 bits per heavy atom. The van der Waals surface area contributed by atoms with Crippen LogP contribution in [0.25, 0.3) is 28.6 Å². The third-order valence-electron chi connectivity index (χ3n) is 6.10. The van der Waals surface area contributed by atoms with Gasteiger partial charge in [-0.15, -0.1) is 6.58 Å². The van der Waals surface area contributed by atoms with Crippen molar-refractivity contribution >= 4 is 6.08 Å². The maximum atomic E-state index is 14.9. The molecule has 1 heterocycles. The van der Waals surface area contributed by atoms with Crippen molar-refractivity contribution < 1.29 is 13.5 Å². The summed E-state index contributed by atoms with van der Waals surface area (Å²) in [5, 5.41) is 0. The first-order valence-electron chi connectivity index (χ1n) is 12.8. The summed E-state index contributed by atoms with van der Waals surface area (Å²) in [5.41, 5.74) is 2.82. The van der Waals surface area contributed by atoms with E-state index in [2.05, 4.69) is 30.4 Å². The second-order valence-corrected chi connectivity index (χ2v) is 9.04. The Hall–Kier alpha value is -3.18. The van der Waals surface area contributed by atoms with Crippen LogP contribution in [0.2, 0.25) is 0 Å².